The third-order valence-electron chi connectivity index (χ3n) is 2.97. The Morgan fingerprint density at radius 3 is 2.95 bits per heavy atom. The first-order chi connectivity index (χ1) is 9.38. The summed E-state index contributed by atoms with van der Waals surface area (Å²) >= 11 is 0. The monoisotopic (exact) mass is 253 g/mol. The Bertz CT molecular complexity index is 675. The number of nitrogens with zero attached hydrogens (tertiary/aromatic N) is 4. The van der Waals surface area contributed by atoms with Gasteiger partial charge in [0.2, 0.25) is 0 Å². The van der Waals surface area contributed by atoms with E-state index in [1.54, 1.807) is 17.3 Å². The third-order valence-corrected chi connectivity index (χ3v) is 2.97. The van der Waals surface area contributed by atoms with Crippen LogP contribution in [0, 0.1) is 0 Å². The van der Waals surface area contributed by atoms with E-state index in [-0.39, 0.29) is 0 Å². The molecule has 0 bridgehead atoms. The van der Waals surface area contributed by atoms with Crippen LogP contribution < -0.4 is 5.32 Å². The van der Waals surface area contributed by atoms with Crippen molar-refractivity contribution in [3.63, 3.8) is 0 Å². The van der Waals surface area contributed by atoms with E-state index in [9.17, 15) is 0 Å². The molecule has 0 aliphatic rings. The zero-order chi connectivity index (χ0) is 13.1. The van der Waals surface area contributed by atoms with Crippen LogP contribution in [-0.4, -0.2) is 26.3 Å². The fourth-order valence-electron chi connectivity index (χ4n) is 2.08. The first kappa shape index (κ1) is 11.8. The second-order valence-electron chi connectivity index (χ2n) is 4.27. The van der Waals surface area contributed by atoms with Crippen molar-refractivity contribution < 1.29 is 0 Å². The molecule has 0 fully saturated rings. The molecular formula is C14H15N5. The van der Waals surface area contributed by atoms with Gasteiger partial charge in [-0.1, -0.05) is 25.1 Å². The highest BCUT2D eigenvalue weighted by Crippen LogP contribution is 2.21. The summed E-state index contributed by atoms with van der Waals surface area (Å²) in [6.07, 6.45) is 3.25. The standard InChI is InChI=1S/C14H15N5/c1-2-15-8-11-7-14(19-10-16-9-17-19)12-5-3-4-6-13(12)18-11/h3-7,9-10,15H,2,8H2,1H3. The first-order valence-corrected chi connectivity index (χ1v) is 6.33. The van der Waals surface area contributed by atoms with Gasteiger partial charge in [0, 0.05) is 11.9 Å². The number of hydrogen-bond acceptors (Lipinski definition) is 4. The van der Waals surface area contributed by atoms with Crippen molar-refractivity contribution >= 4 is 10.9 Å². The highest BCUT2D eigenvalue weighted by atomic mass is 15.3. The molecule has 1 aromatic carbocycles. The van der Waals surface area contributed by atoms with Crippen LogP contribution in [0.3, 0.4) is 0 Å². The van der Waals surface area contributed by atoms with Gasteiger partial charge in [-0.15, -0.1) is 0 Å². The molecule has 1 N–H and O–H groups in total. The number of aromatic nitrogens is 4. The van der Waals surface area contributed by atoms with Gasteiger partial charge < -0.3 is 5.32 Å². The Labute approximate surface area is 111 Å². The number of fused-ring (bicyclic) bond motifs is 1. The molecule has 19 heavy (non-hydrogen) atoms. The van der Waals surface area contributed by atoms with Crippen LogP contribution in [0.25, 0.3) is 16.6 Å². The van der Waals surface area contributed by atoms with Crippen molar-refractivity contribution in [2.75, 3.05) is 6.54 Å². The molecule has 3 rings (SSSR count). The molecule has 0 saturated heterocycles. The topological polar surface area (TPSA) is 55.6 Å². The third kappa shape index (κ3) is 2.32. The number of rotatable bonds is 4. The fraction of sp³-hybridized carbons (Fsp3) is 0.214. The number of pyridine rings is 1. The maximum absolute atomic E-state index is 4.66. The van der Waals surface area contributed by atoms with E-state index in [4.69, 9.17) is 0 Å². The zero-order valence-corrected chi connectivity index (χ0v) is 10.7. The van der Waals surface area contributed by atoms with E-state index in [2.05, 4.69) is 39.4 Å². The second-order valence-corrected chi connectivity index (χ2v) is 4.27. The van der Waals surface area contributed by atoms with E-state index in [1.807, 2.05) is 18.2 Å². The Balaban J connectivity index is 2.17. The van der Waals surface area contributed by atoms with Crippen LogP contribution in [0.1, 0.15) is 12.6 Å². The summed E-state index contributed by atoms with van der Waals surface area (Å²) in [6.45, 7) is 3.76. The molecule has 5 nitrogen and oxygen atoms in total. The predicted octanol–water partition coefficient (Wildman–Crippen LogP) is 1.93. The van der Waals surface area contributed by atoms with Crippen molar-refractivity contribution in [1.82, 2.24) is 25.1 Å². The molecule has 2 heterocycles. The molecule has 96 valence electrons. The quantitative estimate of drug-likeness (QED) is 0.772. The highest BCUT2D eigenvalue weighted by molar-refractivity contribution is 5.87. The van der Waals surface area contributed by atoms with Crippen LogP contribution in [0.5, 0.6) is 0 Å². The molecule has 0 saturated carbocycles. The van der Waals surface area contributed by atoms with Crippen molar-refractivity contribution in [2.24, 2.45) is 0 Å². The van der Waals surface area contributed by atoms with E-state index in [0.29, 0.717) is 0 Å². The molecular weight excluding hydrogens is 238 g/mol. The summed E-state index contributed by atoms with van der Waals surface area (Å²) in [5, 5.41) is 8.59. The van der Waals surface area contributed by atoms with Crippen LogP contribution >= 0.6 is 0 Å². The smallest absolute Gasteiger partial charge is 0.138 e. The molecule has 0 unspecified atom stereocenters. The lowest BCUT2D eigenvalue weighted by atomic mass is 10.1. The Kier molecular flexibility index (Phi) is 3.20. The number of para-hydroxylation sites is 1. The fourth-order valence-corrected chi connectivity index (χ4v) is 2.08. The second kappa shape index (κ2) is 5.16. The minimum atomic E-state index is 0.753. The SMILES string of the molecule is CCNCc1cc(-n2cncn2)c2ccccc2n1. The molecule has 3 aromatic rings. The maximum atomic E-state index is 4.66. The van der Waals surface area contributed by atoms with Crippen molar-refractivity contribution in [1.29, 1.82) is 0 Å². The summed E-state index contributed by atoms with van der Waals surface area (Å²) in [5.74, 6) is 0. The van der Waals surface area contributed by atoms with Gasteiger partial charge in [-0.3, -0.25) is 4.98 Å². The molecule has 0 radical (unpaired) electrons. The van der Waals surface area contributed by atoms with Crippen LogP contribution in [-0.2, 0) is 6.54 Å². The maximum Gasteiger partial charge on any atom is 0.138 e. The minimum Gasteiger partial charge on any atom is -0.311 e. The largest absolute Gasteiger partial charge is 0.311 e. The molecule has 0 aliphatic heterocycles. The van der Waals surface area contributed by atoms with Gasteiger partial charge in [0.05, 0.1) is 16.9 Å². The van der Waals surface area contributed by atoms with E-state index < -0.39 is 0 Å². The summed E-state index contributed by atoms with van der Waals surface area (Å²) in [4.78, 5) is 8.67. The van der Waals surface area contributed by atoms with Gasteiger partial charge in [0.1, 0.15) is 12.7 Å². The lowest BCUT2D eigenvalue weighted by Crippen LogP contribution is -2.13. The zero-order valence-electron chi connectivity index (χ0n) is 10.7. The number of nitrogens with one attached hydrogen (secondary N) is 1. The Morgan fingerprint density at radius 1 is 1.26 bits per heavy atom. The Hall–Kier alpha value is -2.27. The predicted molar refractivity (Wildman–Crippen MR) is 74.0 cm³/mol. The summed E-state index contributed by atoms with van der Waals surface area (Å²) < 4.78 is 1.78. The van der Waals surface area contributed by atoms with Gasteiger partial charge in [-0.2, -0.15) is 5.10 Å². The average Bonchev–Trinajstić information content (AvgIpc) is 2.98. The number of benzene rings is 1. The van der Waals surface area contributed by atoms with E-state index >= 15 is 0 Å². The molecule has 0 spiro atoms. The van der Waals surface area contributed by atoms with E-state index in [1.165, 1.54) is 0 Å². The minimum absolute atomic E-state index is 0.753. The van der Waals surface area contributed by atoms with Crippen LogP contribution in [0.2, 0.25) is 0 Å². The summed E-state index contributed by atoms with van der Waals surface area (Å²) in [5.41, 5.74) is 2.99. The van der Waals surface area contributed by atoms with Gasteiger partial charge in [-0.05, 0) is 18.7 Å². The van der Waals surface area contributed by atoms with Gasteiger partial charge in [-0.25, -0.2) is 9.67 Å². The lowest BCUT2D eigenvalue weighted by Gasteiger charge is -2.09. The molecule has 0 amide bonds. The normalized spacial score (nSPS) is 11.0. The molecule has 0 atom stereocenters. The Morgan fingerprint density at radius 2 is 2.16 bits per heavy atom. The summed E-state index contributed by atoms with van der Waals surface area (Å²) in [7, 11) is 0. The van der Waals surface area contributed by atoms with Gasteiger partial charge in [0.25, 0.3) is 0 Å². The summed E-state index contributed by atoms with van der Waals surface area (Å²) in [6, 6.07) is 10.1. The van der Waals surface area contributed by atoms with Gasteiger partial charge >= 0.3 is 0 Å². The lowest BCUT2D eigenvalue weighted by molar-refractivity contribution is 0.711. The highest BCUT2D eigenvalue weighted by Gasteiger charge is 2.07. The van der Waals surface area contributed by atoms with Crippen LogP contribution in [0.15, 0.2) is 43.0 Å². The van der Waals surface area contributed by atoms with Gasteiger partial charge in [0.15, 0.2) is 0 Å². The van der Waals surface area contributed by atoms with Crippen molar-refractivity contribution in [3.05, 3.63) is 48.7 Å². The molecule has 2 aromatic heterocycles. The molecule has 5 heteroatoms. The average molecular weight is 253 g/mol. The first-order valence-electron chi connectivity index (χ1n) is 6.33. The number of hydrogen-bond donors (Lipinski definition) is 1. The van der Waals surface area contributed by atoms with Crippen LogP contribution in [0.4, 0.5) is 0 Å². The van der Waals surface area contributed by atoms with Crippen molar-refractivity contribution in [3.8, 4) is 5.69 Å². The van der Waals surface area contributed by atoms with E-state index in [0.717, 1.165) is 35.4 Å². The molecule has 0 aliphatic carbocycles. The van der Waals surface area contributed by atoms with Crippen molar-refractivity contribution in [2.45, 2.75) is 13.5 Å².